The Labute approximate surface area is 161 Å². The monoisotopic (exact) mass is 354 g/mol. The van der Waals surface area contributed by atoms with E-state index in [1.165, 1.54) is 44.5 Å². The van der Waals surface area contributed by atoms with Crippen LogP contribution < -0.4 is 0 Å². The zero-order valence-electron chi connectivity index (χ0n) is 16.8. The molecule has 0 aliphatic heterocycles. The zero-order valence-corrected chi connectivity index (χ0v) is 16.8. The van der Waals surface area contributed by atoms with Gasteiger partial charge in [-0.25, -0.2) is 4.98 Å². The lowest BCUT2D eigenvalue weighted by Gasteiger charge is -2.18. The van der Waals surface area contributed by atoms with E-state index in [0.29, 0.717) is 0 Å². The summed E-state index contributed by atoms with van der Waals surface area (Å²) in [7, 11) is 0. The van der Waals surface area contributed by atoms with Crippen molar-refractivity contribution in [3.63, 3.8) is 0 Å². The smallest absolute Gasteiger partial charge is 0.141 e. The minimum atomic E-state index is 0.837. The summed E-state index contributed by atoms with van der Waals surface area (Å²) >= 11 is 0. The number of rotatable bonds is 3. The van der Waals surface area contributed by atoms with E-state index in [9.17, 15) is 0 Å². The van der Waals surface area contributed by atoms with Crippen LogP contribution in [0.15, 0.2) is 54.6 Å². The van der Waals surface area contributed by atoms with Crippen molar-refractivity contribution in [2.75, 3.05) is 0 Å². The predicted octanol–water partition coefficient (Wildman–Crippen LogP) is 6.29. The number of fused-ring (bicyclic) bond motifs is 1. The van der Waals surface area contributed by atoms with Gasteiger partial charge in [-0.1, -0.05) is 42.0 Å². The largest absolute Gasteiger partial charge is 0.319 e. The molecule has 4 rings (SSSR count). The summed E-state index contributed by atoms with van der Waals surface area (Å²) in [4.78, 5) is 4.99. The van der Waals surface area contributed by atoms with Crippen LogP contribution >= 0.6 is 0 Å². The molecule has 0 saturated heterocycles. The number of hydrogen-bond acceptors (Lipinski definition) is 1. The summed E-state index contributed by atoms with van der Waals surface area (Å²) in [6.45, 7) is 11.9. The number of benzene rings is 3. The first kappa shape index (κ1) is 17.5. The molecule has 1 aromatic heterocycles. The van der Waals surface area contributed by atoms with Crippen LogP contribution in [-0.4, -0.2) is 9.55 Å². The van der Waals surface area contributed by atoms with E-state index in [2.05, 4.69) is 93.8 Å². The third-order valence-electron chi connectivity index (χ3n) is 5.77. The van der Waals surface area contributed by atoms with Crippen LogP contribution in [0.2, 0.25) is 0 Å². The number of nitrogens with zero attached hydrogens (tertiary/aromatic N) is 2. The van der Waals surface area contributed by atoms with Crippen molar-refractivity contribution in [2.45, 2.75) is 41.2 Å². The molecule has 0 bridgehead atoms. The summed E-state index contributed by atoms with van der Waals surface area (Å²) < 4.78 is 2.37. The van der Waals surface area contributed by atoms with Gasteiger partial charge in [-0.3, -0.25) is 0 Å². The van der Waals surface area contributed by atoms with Gasteiger partial charge in [-0.2, -0.15) is 0 Å². The van der Waals surface area contributed by atoms with Gasteiger partial charge in [0.15, 0.2) is 0 Å². The van der Waals surface area contributed by atoms with Crippen LogP contribution in [0.4, 0.5) is 0 Å². The fourth-order valence-corrected chi connectivity index (χ4v) is 3.93. The first-order chi connectivity index (χ1) is 13.0. The second kappa shape index (κ2) is 6.70. The van der Waals surface area contributed by atoms with Gasteiger partial charge in [0.2, 0.25) is 0 Å². The molecule has 0 aliphatic rings. The fraction of sp³-hybridized carbons (Fsp3) is 0.240. The van der Waals surface area contributed by atoms with Crippen LogP contribution in [0.3, 0.4) is 0 Å². The average Bonchev–Trinajstić information content (AvgIpc) is 3.02. The maximum absolute atomic E-state index is 4.99. The summed E-state index contributed by atoms with van der Waals surface area (Å²) in [5.74, 6) is 1.04. The van der Waals surface area contributed by atoms with Crippen molar-refractivity contribution in [2.24, 2.45) is 0 Å². The first-order valence-corrected chi connectivity index (χ1v) is 9.54. The van der Waals surface area contributed by atoms with E-state index >= 15 is 0 Å². The van der Waals surface area contributed by atoms with Gasteiger partial charge >= 0.3 is 0 Å². The standard InChI is InChI=1S/C25H26N2/c1-16-9-8-10-21(13-16)25-26-23-11-6-7-12-24(23)27(25)15-22-19(4)17(2)14-18(3)20(22)5/h6-14H,15H2,1-5H3. The lowest BCUT2D eigenvalue weighted by atomic mass is 9.94. The molecule has 1 heterocycles. The number of hydrogen-bond donors (Lipinski definition) is 0. The Morgan fingerprint density at radius 1 is 0.778 bits per heavy atom. The molecule has 0 unspecified atom stereocenters. The van der Waals surface area contributed by atoms with E-state index in [1.807, 2.05) is 0 Å². The van der Waals surface area contributed by atoms with Crippen LogP contribution in [0, 0.1) is 34.6 Å². The number of para-hydroxylation sites is 2. The molecule has 2 heteroatoms. The molecular weight excluding hydrogens is 328 g/mol. The van der Waals surface area contributed by atoms with E-state index in [-0.39, 0.29) is 0 Å². The number of aryl methyl sites for hydroxylation is 3. The van der Waals surface area contributed by atoms with E-state index in [1.54, 1.807) is 0 Å². The van der Waals surface area contributed by atoms with Crippen molar-refractivity contribution in [3.05, 3.63) is 88.0 Å². The van der Waals surface area contributed by atoms with Gasteiger partial charge in [-0.05, 0) is 80.6 Å². The highest BCUT2D eigenvalue weighted by Gasteiger charge is 2.16. The van der Waals surface area contributed by atoms with Gasteiger partial charge in [0, 0.05) is 5.56 Å². The van der Waals surface area contributed by atoms with E-state index in [4.69, 9.17) is 4.98 Å². The predicted molar refractivity (Wildman–Crippen MR) is 114 cm³/mol. The normalized spacial score (nSPS) is 11.3. The SMILES string of the molecule is Cc1cccc(-c2nc3ccccc3n2Cc2c(C)c(C)cc(C)c2C)c1. The molecule has 4 aromatic rings. The highest BCUT2D eigenvalue weighted by atomic mass is 15.1. The third-order valence-corrected chi connectivity index (χ3v) is 5.77. The summed E-state index contributed by atoms with van der Waals surface area (Å²) in [5.41, 5.74) is 11.5. The van der Waals surface area contributed by atoms with Crippen molar-refractivity contribution in [1.82, 2.24) is 9.55 Å². The molecule has 0 aliphatic carbocycles. The van der Waals surface area contributed by atoms with E-state index in [0.717, 1.165) is 17.9 Å². The molecule has 136 valence electrons. The Bertz CT molecular complexity index is 1120. The molecule has 0 spiro atoms. The van der Waals surface area contributed by atoms with Gasteiger partial charge in [-0.15, -0.1) is 0 Å². The van der Waals surface area contributed by atoms with Crippen molar-refractivity contribution in [1.29, 1.82) is 0 Å². The molecule has 0 radical (unpaired) electrons. The summed E-state index contributed by atoms with van der Waals surface area (Å²) in [5, 5.41) is 0. The molecule has 27 heavy (non-hydrogen) atoms. The van der Waals surface area contributed by atoms with Crippen LogP contribution in [0.25, 0.3) is 22.4 Å². The highest BCUT2D eigenvalue weighted by molar-refractivity contribution is 5.81. The van der Waals surface area contributed by atoms with Gasteiger partial charge < -0.3 is 4.57 Å². The molecule has 0 amide bonds. The van der Waals surface area contributed by atoms with Crippen LogP contribution in [-0.2, 0) is 6.54 Å². The quantitative estimate of drug-likeness (QED) is 0.422. The second-order valence-electron chi connectivity index (χ2n) is 7.62. The number of aromatic nitrogens is 2. The molecule has 2 nitrogen and oxygen atoms in total. The summed E-state index contributed by atoms with van der Waals surface area (Å²) in [6.07, 6.45) is 0. The van der Waals surface area contributed by atoms with Gasteiger partial charge in [0.1, 0.15) is 5.82 Å². The molecule has 0 fully saturated rings. The second-order valence-corrected chi connectivity index (χ2v) is 7.62. The van der Waals surface area contributed by atoms with Crippen LogP contribution in [0.1, 0.15) is 33.4 Å². The minimum Gasteiger partial charge on any atom is -0.319 e. The first-order valence-electron chi connectivity index (χ1n) is 9.54. The Kier molecular flexibility index (Phi) is 4.35. The zero-order chi connectivity index (χ0) is 19.1. The maximum Gasteiger partial charge on any atom is 0.141 e. The van der Waals surface area contributed by atoms with Crippen molar-refractivity contribution < 1.29 is 0 Å². The molecule has 3 aromatic carbocycles. The Morgan fingerprint density at radius 3 is 2.19 bits per heavy atom. The van der Waals surface area contributed by atoms with Crippen molar-refractivity contribution >= 4 is 11.0 Å². The third kappa shape index (κ3) is 3.06. The van der Waals surface area contributed by atoms with Gasteiger partial charge in [0.25, 0.3) is 0 Å². The highest BCUT2D eigenvalue weighted by Crippen LogP contribution is 2.29. The number of imidazole rings is 1. The lowest BCUT2D eigenvalue weighted by molar-refractivity contribution is 0.818. The maximum atomic E-state index is 4.99. The molecule has 0 saturated carbocycles. The van der Waals surface area contributed by atoms with E-state index < -0.39 is 0 Å². The Balaban J connectivity index is 1.96. The average molecular weight is 354 g/mol. The summed E-state index contributed by atoms with van der Waals surface area (Å²) in [6, 6.07) is 19.4. The topological polar surface area (TPSA) is 17.8 Å². The van der Waals surface area contributed by atoms with Crippen molar-refractivity contribution in [3.8, 4) is 11.4 Å². The Morgan fingerprint density at radius 2 is 1.48 bits per heavy atom. The Hall–Kier alpha value is -2.87. The molecular formula is C25H26N2. The molecule has 0 N–H and O–H groups in total. The minimum absolute atomic E-state index is 0.837. The lowest BCUT2D eigenvalue weighted by Crippen LogP contribution is -2.08. The van der Waals surface area contributed by atoms with Gasteiger partial charge in [0.05, 0.1) is 17.6 Å². The molecule has 0 atom stereocenters. The fourth-order valence-electron chi connectivity index (χ4n) is 3.93. The van der Waals surface area contributed by atoms with Crippen LogP contribution in [0.5, 0.6) is 0 Å².